The predicted molar refractivity (Wildman–Crippen MR) is 60.2 cm³/mol. The summed E-state index contributed by atoms with van der Waals surface area (Å²) in [7, 11) is 0. The molecule has 1 rings (SSSR count). The van der Waals surface area contributed by atoms with Crippen molar-refractivity contribution in [2.75, 3.05) is 0 Å². The van der Waals surface area contributed by atoms with Crippen molar-refractivity contribution in [1.82, 2.24) is 0 Å². The summed E-state index contributed by atoms with van der Waals surface area (Å²) < 4.78 is 0. The van der Waals surface area contributed by atoms with Crippen LogP contribution in [0.1, 0.15) is 40.0 Å². The highest BCUT2D eigenvalue weighted by atomic mass is 32.1. The van der Waals surface area contributed by atoms with Gasteiger partial charge < -0.3 is 0 Å². The molecule has 1 fully saturated rings. The zero-order valence-electron chi connectivity index (χ0n) is 8.79. The van der Waals surface area contributed by atoms with Crippen LogP contribution in [0.5, 0.6) is 0 Å². The van der Waals surface area contributed by atoms with Crippen molar-refractivity contribution in [1.29, 1.82) is 0 Å². The molecule has 0 unspecified atom stereocenters. The van der Waals surface area contributed by atoms with Crippen LogP contribution in [0.3, 0.4) is 0 Å². The molecule has 0 aromatic carbocycles. The maximum Gasteiger partial charge on any atom is 0.0635 e. The molecule has 0 radical (unpaired) electrons. The van der Waals surface area contributed by atoms with Gasteiger partial charge in [0, 0.05) is 0 Å². The molecule has 0 amide bonds. The molecule has 3 atom stereocenters. The van der Waals surface area contributed by atoms with E-state index in [9.17, 15) is 0 Å². The topological polar surface area (TPSA) is 12.4 Å². The summed E-state index contributed by atoms with van der Waals surface area (Å²) in [4.78, 5) is 4.30. The molecule has 0 aliphatic heterocycles. The van der Waals surface area contributed by atoms with Gasteiger partial charge in [-0.05, 0) is 42.8 Å². The molecule has 0 aromatic heterocycles. The molecule has 2 heteroatoms. The van der Waals surface area contributed by atoms with Gasteiger partial charge in [0.15, 0.2) is 0 Å². The lowest BCUT2D eigenvalue weighted by molar-refractivity contribution is 0.201. The number of hydrogen-bond acceptors (Lipinski definition) is 2. The number of isothiocyanates is 1. The molecule has 1 nitrogen and oxygen atoms in total. The quantitative estimate of drug-likeness (QED) is 0.487. The molecule has 0 saturated heterocycles. The zero-order chi connectivity index (χ0) is 9.84. The number of aliphatic imine (C=N–C) groups is 1. The van der Waals surface area contributed by atoms with Crippen LogP contribution in [0, 0.1) is 17.8 Å². The average Bonchev–Trinajstić information content (AvgIpc) is 2.04. The summed E-state index contributed by atoms with van der Waals surface area (Å²) in [6.07, 6.45) is 3.86. The third kappa shape index (κ3) is 2.89. The average molecular weight is 197 g/mol. The lowest BCUT2D eigenvalue weighted by Gasteiger charge is -2.34. The summed E-state index contributed by atoms with van der Waals surface area (Å²) in [6.45, 7) is 6.88. The van der Waals surface area contributed by atoms with Crippen LogP contribution in [0.2, 0.25) is 0 Å². The molecule has 0 N–H and O–H groups in total. The van der Waals surface area contributed by atoms with Crippen molar-refractivity contribution in [3.05, 3.63) is 0 Å². The SMILES string of the molecule is CC(C)[C@@H]1CC[C@@H](C)C[C@@H]1N=C=S. The largest absolute Gasteiger partial charge is 0.229 e. The molecule has 0 aromatic rings. The number of rotatable bonds is 2. The van der Waals surface area contributed by atoms with E-state index in [0.29, 0.717) is 6.04 Å². The third-order valence-electron chi connectivity index (χ3n) is 3.21. The van der Waals surface area contributed by atoms with Crippen molar-refractivity contribution < 1.29 is 0 Å². The molecule has 1 saturated carbocycles. The van der Waals surface area contributed by atoms with Gasteiger partial charge >= 0.3 is 0 Å². The second-order valence-corrected chi connectivity index (χ2v) is 4.80. The first kappa shape index (κ1) is 10.9. The Morgan fingerprint density at radius 1 is 1.38 bits per heavy atom. The first-order valence-electron chi connectivity index (χ1n) is 5.22. The van der Waals surface area contributed by atoms with E-state index in [4.69, 9.17) is 12.2 Å². The molecule has 74 valence electrons. The Labute approximate surface area is 86.6 Å². The van der Waals surface area contributed by atoms with Crippen molar-refractivity contribution >= 4 is 17.4 Å². The van der Waals surface area contributed by atoms with Crippen molar-refractivity contribution in [3.8, 4) is 0 Å². The minimum atomic E-state index is 0.446. The molecule has 0 heterocycles. The standard InChI is InChI=1S/C11H19NS/c1-8(2)10-5-4-9(3)6-11(10)12-7-13/h8-11H,4-6H2,1-3H3/t9-,10+,11+/m1/s1. The minimum Gasteiger partial charge on any atom is -0.229 e. The molecule has 13 heavy (non-hydrogen) atoms. The van der Waals surface area contributed by atoms with E-state index in [0.717, 1.165) is 17.8 Å². The fourth-order valence-corrected chi connectivity index (χ4v) is 2.50. The van der Waals surface area contributed by atoms with Crippen molar-refractivity contribution in [2.45, 2.75) is 46.1 Å². The molecule has 1 aliphatic carbocycles. The lowest BCUT2D eigenvalue weighted by Crippen LogP contribution is -2.30. The Balaban J connectivity index is 2.65. The second-order valence-electron chi connectivity index (χ2n) is 4.61. The molecule has 0 bridgehead atoms. The van der Waals surface area contributed by atoms with Crippen LogP contribution in [0.15, 0.2) is 4.99 Å². The highest BCUT2D eigenvalue weighted by molar-refractivity contribution is 7.78. The van der Waals surface area contributed by atoms with Crippen molar-refractivity contribution in [3.63, 3.8) is 0 Å². The summed E-state index contributed by atoms with van der Waals surface area (Å²) >= 11 is 4.69. The highest BCUT2D eigenvalue weighted by Crippen LogP contribution is 2.34. The van der Waals surface area contributed by atoms with E-state index >= 15 is 0 Å². The highest BCUT2D eigenvalue weighted by Gasteiger charge is 2.29. The Morgan fingerprint density at radius 2 is 2.08 bits per heavy atom. The van der Waals surface area contributed by atoms with E-state index in [1.54, 1.807) is 0 Å². The number of nitrogens with zero attached hydrogens (tertiary/aromatic N) is 1. The van der Waals surface area contributed by atoms with Gasteiger partial charge in [-0.3, -0.25) is 0 Å². The van der Waals surface area contributed by atoms with Crippen LogP contribution in [0.4, 0.5) is 0 Å². The lowest BCUT2D eigenvalue weighted by atomic mass is 9.74. The first-order chi connectivity index (χ1) is 6.15. The van der Waals surface area contributed by atoms with Crippen LogP contribution >= 0.6 is 12.2 Å². The van der Waals surface area contributed by atoms with E-state index < -0.39 is 0 Å². The van der Waals surface area contributed by atoms with E-state index in [1.807, 2.05) is 0 Å². The number of thiocarbonyl (C=S) groups is 1. The maximum absolute atomic E-state index is 4.69. The van der Waals surface area contributed by atoms with Gasteiger partial charge in [-0.15, -0.1) is 0 Å². The Morgan fingerprint density at radius 3 is 2.62 bits per heavy atom. The van der Waals surface area contributed by atoms with Gasteiger partial charge in [-0.25, -0.2) is 4.99 Å². The molecular formula is C11H19NS. The smallest absolute Gasteiger partial charge is 0.0635 e. The first-order valence-corrected chi connectivity index (χ1v) is 5.63. The summed E-state index contributed by atoms with van der Waals surface area (Å²) in [5.74, 6) is 2.27. The monoisotopic (exact) mass is 197 g/mol. The molecule has 1 aliphatic rings. The Bertz CT molecular complexity index is 206. The van der Waals surface area contributed by atoms with E-state index in [-0.39, 0.29) is 0 Å². The van der Waals surface area contributed by atoms with Gasteiger partial charge in [-0.2, -0.15) is 0 Å². The van der Waals surface area contributed by atoms with Crippen LogP contribution < -0.4 is 0 Å². The second kappa shape index (κ2) is 4.88. The van der Waals surface area contributed by atoms with Gasteiger partial charge in [-0.1, -0.05) is 27.2 Å². The molecule has 0 spiro atoms. The van der Waals surface area contributed by atoms with Gasteiger partial charge in [0.2, 0.25) is 0 Å². The van der Waals surface area contributed by atoms with Crippen LogP contribution in [0.25, 0.3) is 0 Å². The summed E-state index contributed by atoms with van der Waals surface area (Å²) in [5, 5.41) is 2.55. The third-order valence-corrected chi connectivity index (χ3v) is 3.31. The molecular weight excluding hydrogens is 178 g/mol. The fraction of sp³-hybridized carbons (Fsp3) is 0.909. The fourth-order valence-electron chi connectivity index (χ4n) is 2.37. The van der Waals surface area contributed by atoms with Crippen LogP contribution in [-0.4, -0.2) is 11.2 Å². The van der Waals surface area contributed by atoms with Crippen LogP contribution in [-0.2, 0) is 0 Å². The minimum absolute atomic E-state index is 0.446. The van der Waals surface area contributed by atoms with Gasteiger partial charge in [0.25, 0.3) is 0 Å². The normalized spacial score (nSPS) is 34.3. The summed E-state index contributed by atoms with van der Waals surface area (Å²) in [5.41, 5.74) is 0. The zero-order valence-corrected chi connectivity index (χ0v) is 9.60. The maximum atomic E-state index is 4.69. The van der Waals surface area contributed by atoms with E-state index in [1.165, 1.54) is 19.3 Å². The Kier molecular flexibility index (Phi) is 4.08. The van der Waals surface area contributed by atoms with Crippen molar-refractivity contribution in [2.24, 2.45) is 22.7 Å². The van der Waals surface area contributed by atoms with Gasteiger partial charge in [0.1, 0.15) is 0 Å². The van der Waals surface area contributed by atoms with Gasteiger partial charge in [0.05, 0.1) is 11.2 Å². The van der Waals surface area contributed by atoms with E-state index in [2.05, 4.69) is 30.9 Å². The predicted octanol–water partition coefficient (Wildman–Crippen LogP) is 3.55. The summed E-state index contributed by atoms with van der Waals surface area (Å²) in [6, 6.07) is 0.446. The Hall–Kier alpha value is -0.200. The number of hydrogen-bond donors (Lipinski definition) is 0.